The third-order valence-electron chi connectivity index (χ3n) is 5.92. The Hall–Kier alpha value is -3.64. The largest absolute Gasteiger partial charge is 0.383 e. The van der Waals surface area contributed by atoms with Crippen molar-refractivity contribution in [1.82, 2.24) is 5.32 Å². The number of hydrogen-bond acceptors (Lipinski definition) is 4. The molecule has 5 rings (SSSR count). The van der Waals surface area contributed by atoms with Crippen molar-refractivity contribution < 1.29 is 9.59 Å². The predicted octanol–water partition coefficient (Wildman–Crippen LogP) is 6.12. The minimum absolute atomic E-state index is 0.137. The lowest BCUT2D eigenvalue weighted by atomic mass is 9.93. The highest BCUT2D eigenvalue weighted by molar-refractivity contribution is 7.17. The molecule has 1 aliphatic rings. The van der Waals surface area contributed by atoms with Crippen LogP contribution in [0.25, 0.3) is 10.1 Å². The summed E-state index contributed by atoms with van der Waals surface area (Å²) in [6.07, 6.45) is 0. The molecule has 0 fully saturated rings. The predicted molar refractivity (Wildman–Crippen MR) is 135 cm³/mol. The lowest BCUT2D eigenvalue weighted by Gasteiger charge is -2.20. The van der Waals surface area contributed by atoms with Gasteiger partial charge in [0.15, 0.2) is 0 Å². The Bertz CT molecular complexity index is 1390. The van der Waals surface area contributed by atoms with Crippen molar-refractivity contribution in [3.05, 3.63) is 93.9 Å². The van der Waals surface area contributed by atoms with Gasteiger partial charge in [-0.15, -0.1) is 11.3 Å². The SMILES string of the molecule is Cc1ccccc1C1NC(=O)c2cc(NC(C)C)cc(NC(=O)c3csc4ccccc34)c21. The first-order chi connectivity index (χ1) is 15.9. The van der Waals surface area contributed by atoms with Crippen molar-refractivity contribution in [2.45, 2.75) is 32.9 Å². The third-order valence-corrected chi connectivity index (χ3v) is 6.88. The molecule has 5 nitrogen and oxygen atoms in total. The van der Waals surface area contributed by atoms with Gasteiger partial charge in [0.1, 0.15) is 0 Å². The summed E-state index contributed by atoms with van der Waals surface area (Å²) in [5, 5.41) is 12.4. The van der Waals surface area contributed by atoms with Crippen LogP contribution in [0.5, 0.6) is 0 Å². The molecule has 3 N–H and O–H groups in total. The quantitative estimate of drug-likeness (QED) is 0.340. The van der Waals surface area contributed by atoms with Gasteiger partial charge < -0.3 is 16.0 Å². The molecule has 1 atom stereocenters. The minimum Gasteiger partial charge on any atom is -0.383 e. The average Bonchev–Trinajstić information content (AvgIpc) is 3.35. The lowest BCUT2D eigenvalue weighted by Crippen LogP contribution is -2.21. The number of carbonyl (C=O) groups excluding carboxylic acids is 2. The van der Waals surface area contributed by atoms with E-state index in [9.17, 15) is 9.59 Å². The van der Waals surface area contributed by atoms with Crippen molar-refractivity contribution in [2.75, 3.05) is 10.6 Å². The van der Waals surface area contributed by atoms with Crippen molar-refractivity contribution in [1.29, 1.82) is 0 Å². The third kappa shape index (κ3) is 3.87. The number of amides is 2. The first-order valence-electron chi connectivity index (χ1n) is 11.0. The van der Waals surface area contributed by atoms with Crippen molar-refractivity contribution in [3.8, 4) is 0 Å². The molecule has 4 aromatic rings. The summed E-state index contributed by atoms with van der Waals surface area (Å²) in [7, 11) is 0. The Morgan fingerprint density at radius 2 is 1.82 bits per heavy atom. The number of anilines is 2. The molecule has 0 saturated carbocycles. The van der Waals surface area contributed by atoms with Crippen molar-refractivity contribution >= 4 is 44.6 Å². The number of fused-ring (bicyclic) bond motifs is 2. The van der Waals surface area contributed by atoms with Gasteiger partial charge >= 0.3 is 0 Å². The molecule has 6 heteroatoms. The molecular weight excluding hydrogens is 430 g/mol. The zero-order valence-corrected chi connectivity index (χ0v) is 19.5. The van der Waals surface area contributed by atoms with E-state index in [2.05, 4.69) is 16.0 Å². The summed E-state index contributed by atoms with van der Waals surface area (Å²) in [6, 6.07) is 19.6. The first kappa shape index (κ1) is 21.2. The number of thiophene rings is 1. The second kappa shape index (κ2) is 8.37. The van der Waals surface area contributed by atoms with Gasteiger partial charge in [0.25, 0.3) is 11.8 Å². The van der Waals surface area contributed by atoms with Crippen LogP contribution in [0.1, 0.15) is 57.3 Å². The number of aryl methyl sites for hydroxylation is 1. The van der Waals surface area contributed by atoms with E-state index in [1.165, 1.54) is 0 Å². The maximum Gasteiger partial charge on any atom is 0.257 e. The van der Waals surface area contributed by atoms with Gasteiger partial charge in [-0.1, -0.05) is 42.5 Å². The second-order valence-electron chi connectivity index (χ2n) is 8.65. The zero-order chi connectivity index (χ0) is 23.1. The fraction of sp³-hybridized carbons (Fsp3) is 0.185. The number of carbonyl (C=O) groups is 2. The molecule has 0 aliphatic carbocycles. The highest BCUT2D eigenvalue weighted by atomic mass is 32.1. The molecule has 1 unspecified atom stereocenters. The van der Waals surface area contributed by atoms with Crippen LogP contribution in [-0.2, 0) is 0 Å². The van der Waals surface area contributed by atoms with Gasteiger partial charge in [0.2, 0.25) is 0 Å². The smallest absolute Gasteiger partial charge is 0.257 e. The van der Waals surface area contributed by atoms with Gasteiger partial charge in [0, 0.05) is 44.0 Å². The molecule has 33 heavy (non-hydrogen) atoms. The van der Waals surface area contributed by atoms with Crippen LogP contribution in [-0.4, -0.2) is 17.9 Å². The van der Waals surface area contributed by atoms with E-state index in [1.807, 2.05) is 86.8 Å². The number of nitrogens with one attached hydrogen (secondary N) is 3. The van der Waals surface area contributed by atoms with Gasteiger partial charge in [-0.2, -0.15) is 0 Å². The lowest BCUT2D eigenvalue weighted by molar-refractivity contribution is 0.0959. The van der Waals surface area contributed by atoms with Gasteiger partial charge in [-0.3, -0.25) is 9.59 Å². The van der Waals surface area contributed by atoms with Gasteiger partial charge in [-0.25, -0.2) is 0 Å². The summed E-state index contributed by atoms with van der Waals surface area (Å²) in [6.45, 7) is 6.11. The minimum atomic E-state index is -0.323. The van der Waals surface area contributed by atoms with Crippen LogP contribution in [0, 0.1) is 6.92 Å². The summed E-state index contributed by atoms with van der Waals surface area (Å²) < 4.78 is 1.07. The summed E-state index contributed by atoms with van der Waals surface area (Å²) in [5.74, 6) is -0.318. The Kier molecular flexibility index (Phi) is 5.38. The summed E-state index contributed by atoms with van der Waals surface area (Å²) in [4.78, 5) is 26.4. The molecule has 3 aromatic carbocycles. The van der Waals surface area contributed by atoms with Crippen LogP contribution >= 0.6 is 11.3 Å². The zero-order valence-electron chi connectivity index (χ0n) is 18.7. The Balaban J connectivity index is 1.62. The Morgan fingerprint density at radius 3 is 2.61 bits per heavy atom. The molecule has 2 heterocycles. The number of hydrogen-bond donors (Lipinski definition) is 3. The second-order valence-corrected chi connectivity index (χ2v) is 9.56. The standard InChI is InChI=1S/C27H25N3O2S/c1-15(2)28-17-12-20-24(25(30-26(20)31)18-9-5-4-8-16(18)3)22(13-17)29-27(32)21-14-33-23-11-7-6-10-19(21)23/h4-15,25,28H,1-3H3,(H,29,32)(H,30,31). The van der Waals surface area contributed by atoms with Crippen LogP contribution in [0.3, 0.4) is 0 Å². The maximum absolute atomic E-state index is 13.4. The van der Waals surface area contributed by atoms with E-state index in [4.69, 9.17) is 0 Å². The van der Waals surface area contributed by atoms with E-state index < -0.39 is 0 Å². The average molecular weight is 456 g/mol. The Morgan fingerprint density at radius 1 is 1.06 bits per heavy atom. The molecule has 0 bridgehead atoms. The fourth-order valence-electron chi connectivity index (χ4n) is 4.44. The van der Waals surface area contributed by atoms with Gasteiger partial charge in [0.05, 0.1) is 11.6 Å². The van der Waals surface area contributed by atoms with E-state index in [0.29, 0.717) is 16.8 Å². The van der Waals surface area contributed by atoms with E-state index in [0.717, 1.165) is 32.5 Å². The van der Waals surface area contributed by atoms with E-state index in [1.54, 1.807) is 11.3 Å². The van der Waals surface area contributed by atoms with Crippen molar-refractivity contribution in [2.24, 2.45) is 0 Å². The van der Waals surface area contributed by atoms with Crippen molar-refractivity contribution in [3.63, 3.8) is 0 Å². The topological polar surface area (TPSA) is 70.2 Å². The first-order valence-corrected chi connectivity index (χ1v) is 11.9. The molecule has 0 radical (unpaired) electrons. The Labute approximate surface area is 196 Å². The van der Waals surface area contributed by atoms with Crippen LogP contribution in [0.2, 0.25) is 0 Å². The molecular formula is C27H25N3O2S. The molecule has 1 aliphatic heterocycles. The number of benzene rings is 3. The molecule has 0 spiro atoms. The van der Waals surface area contributed by atoms with E-state index >= 15 is 0 Å². The number of rotatable bonds is 5. The summed E-state index contributed by atoms with van der Waals surface area (Å²) >= 11 is 1.55. The molecule has 0 saturated heterocycles. The van der Waals surface area contributed by atoms with Crippen LogP contribution in [0.15, 0.2) is 66.0 Å². The molecule has 1 aromatic heterocycles. The van der Waals surface area contributed by atoms with Gasteiger partial charge in [-0.05, 0) is 50.1 Å². The fourth-order valence-corrected chi connectivity index (χ4v) is 5.38. The maximum atomic E-state index is 13.4. The molecule has 2 amide bonds. The van der Waals surface area contributed by atoms with E-state index in [-0.39, 0.29) is 23.9 Å². The van der Waals surface area contributed by atoms with Crippen LogP contribution in [0.4, 0.5) is 11.4 Å². The van der Waals surface area contributed by atoms with Crippen LogP contribution < -0.4 is 16.0 Å². The monoisotopic (exact) mass is 455 g/mol. The normalized spacial score (nSPS) is 14.9. The summed E-state index contributed by atoms with van der Waals surface area (Å²) in [5.41, 5.74) is 5.57. The highest BCUT2D eigenvalue weighted by Crippen LogP contribution is 2.40. The molecule has 166 valence electrons. The highest BCUT2D eigenvalue weighted by Gasteiger charge is 2.34.